The van der Waals surface area contributed by atoms with Crippen LogP contribution in [-0.4, -0.2) is 65.9 Å². The van der Waals surface area contributed by atoms with Gasteiger partial charge >= 0.3 is 6.09 Å². The number of amides is 1. The maximum Gasteiger partial charge on any atom is 0.410 e. The number of carbonyl (C=O) groups excluding carboxylic acids is 1. The van der Waals surface area contributed by atoms with Crippen molar-refractivity contribution < 1.29 is 9.53 Å². The lowest BCUT2D eigenvalue weighted by Crippen LogP contribution is -2.47. The second-order valence-corrected chi connectivity index (χ2v) is 11.2. The minimum atomic E-state index is -0.514. The van der Waals surface area contributed by atoms with Crippen LogP contribution >= 0.6 is 11.3 Å². The first-order valence-corrected chi connectivity index (χ1v) is 13.4. The van der Waals surface area contributed by atoms with Crippen molar-refractivity contribution in [1.29, 1.82) is 0 Å². The smallest absolute Gasteiger partial charge is 0.410 e. The highest BCUT2D eigenvalue weighted by molar-refractivity contribution is 7.18. The Morgan fingerprint density at radius 1 is 1.16 bits per heavy atom. The molecule has 1 aliphatic rings. The summed E-state index contributed by atoms with van der Waals surface area (Å²) in [6.45, 7) is 8.93. The Hall–Kier alpha value is -4.06. The third kappa shape index (κ3) is 6.43. The zero-order valence-electron chi connectivity index (χ0n) is 21.9. The van der Waals surface area contributed by atoms with E-state index in [1.807, 2.05) is 70.2 Å². The summed E-state index contributed by atoms with van der Waals surface area (Å²) >= 11 is 1.43. The fraction of sp³-hybridized carbons (Fsp3) is 0.385. The number of anilines is 3. The van der Waals surface area contributed by atoms with Crippen LogP contribution in [0.25, 0.3) is 16.4 Å². The van der Waals surface area contributed by atoms with Crippen molar-refractivity contribution in [2.75, 3.05) is 23.7 Å². The van der Waals surface area contributed by atoms with E-state index in [9.17, 15) is 4.79 Å². The quantitative estimate of drug-likeness (QED) is 0.351. The molecule has 1 fully saturated rings. The minimum Gasteiger partial charge on any atom is -0.444 e. The normalized spacial score (nSPS) is 15.8. The molecule has 38 heavy (non-hydrogen) atoms. The van der Waals surface area contributed by atoms with E-state index in [1.54, 1.807) is 11.1 Å². The van der Waals surface area contributed by atoms with Crippen LogP contribution in [0.5, 0.6) is 0 Å². The molecule has 2 N–H and O–H groups in total. The van der Waals surface area contributed by atoms with Crippen LogP contribution in [0.3, 0.4) is 0 Å². The largest absolute Gasteiger partial charge is 0.444 e. The Bertz CT molecular complexity index is 1400. The lowest BCUT2D eigenvalue weighted by Gasteiger charge is -2.34. The summed E-state index contributed by atoms with van der Waals surface area (Å²) < 4.78 is 5.55. The first-order valence-electron chi connectivity index (χ1n) is 12.5. The molecule has 5 rings (SSSR count). The second kappa shape index (κ2) is 10.7. The van der Waals surface area contributed by atoms with E-state index in [-0.39, 0.29) is 12.1 Å². The minimum absolute atomic E-state index is 0.0863. The molecule has 0 aliphatic carbocycles. The van der Waals surface area contributed by atoms with Crippen molar-refractivity contribution in [3.05, 3.63) is 54.2 Å². The number of hydrogen-bond donors (Lipinski definition) is 2. The second-order valence-electron chi connectivity index (χ2n) is 10.2. The number of ether oxygens (including phenoxy) is 1. The fourth-order valence-corrected chi connectivity index (χ4v) is 4.88. The molecule has 198 valence electrons. The highest BCUT2D eigenvalue weighted by atomic mass is 32.1. The molecule has 1 aromatic carbocycles. The number of rotatable bonds is 6. The molecule has 0 saturated carbocycles. The number of tetrazole rings is 1. The molecule has 1 saturated heterocycles. The lowest BCUT2D eigenvalue weighted by molar-refractivity contribution is 0.0206. The van der Waals surface area contributed by atoms with Crippen LogP contribution in [0.2, 0.25) is 0 Å². The van der Waals surface area contributed by atoms with E-state index in [2.05, 4.69) is 31.0 Å². The van der Waals surface area contributed by atoms with Gasteiger partial charge in [-0.3, -0.25) is 0 Å². The van der Waals surface area contributed by atoms with Crippen LogP contribution < -0.4 is 10.6 Å². The van der Waals surface area contributed by atoms with E-state index >= 15 is 0 Å². The van der Waals surface area contributed by atoms with Crippen molar-refractivity contribution in [3.63, 3.8) is 0 Å². The predicted molar refractivity (Wildman–Crippen MR) is 147 cm³/mol. The molecule has 0 spiro atoms. The van der Waals surface area contributed by atoms with Crippen LogP contribution in [0.15, 0.2) is 48.7 Å². The van der Waals surface area contributed by atoms with Gasteiger partial charge in [-0.1, -0.05) is 29.5 Å². The number of pyridine rings is 1. The fourth-order valence-electron chi connectivity index (χ4n) is 4.13. The van der Waals surface area contributed by atoms with Gasteiger partial charge in [0.25, 0.3) is 0 Å². The molecule has 3 aromatic heterocycles. The topological polar surface area (TPSA) is 123 Å². The van der Waals surface area contributed by atoms with Gasteiger partial charge in [-0.2, -0.15) is 0 Å². The molecular formula is C26H31N9O2S. The van der Waals surface area contributed by atoms with Crippen LogP contribution in [-0.2, 0) is 4.74 Å². The van der Waals surface area contributed by atoms with E-state index in [0.717, 1.165) is 34.8 Å². The summed E-state index contributed by atoms with van der Waals surface area (Å²) in [6.07, 6.45) is 3.30. The number of nitrogens with one attached hydrogen (secondary N) is 2. The molecule has 12 heteroatoms. The number of para-hydroxylation sites is 1. The molecule has 1 amide bonds. The third-order valence-corrected chi connectivity index (χ3v) is 6.67. The molecule has 4 aromatic rings. The third-order valence-electron chi connectivity index (χ3n) is 5.76. The number of carbonyl (C=O) groups is 1. The van der Waals surface area contributed by atoms with Gasteiger partial charge < -0.3 is 20.3 Å². The zero-order valence-corrected chi connectivity index (χ0v) is 22.7. The lowest BCUT2D eigenvalue weighted by atomic mass is 10.1. The molecule has 4 heterocycles. The molecule has 0 unspecified atom stereocenters. The van der Waals surface area contributed by atoms with Crippen molar-refractivity contribution in [2.45, 2.75) is 52.2 Å². The number of thiazole rings is 1. The number of likely N-dealkylation sites (tertiary alicyclic amines) is 1. The van der Waals surface area contributed by atoms with Gasteiger partial charge in [-0.25, -0.2) is 14.8 Å². The number of aromatic nitrogens is 6. The van der Waals surface area contributed by atoms with Gasteiger partial charge in [-0.05, 0) is 75.6 Å². The van der Waals surface area contributed by atoms with E-state index in [4.69, 9.17) is 9.72 Å². The van der Waals surface area contributed by atoms with Gasteiger partial charge in [0, 0.05) is 19.1 Å². The molecule has 1 atom stereocenters. The molecular weight excluding hydrogens is 502 g/mol. The number of aryl methyl sites for hydroxylation is 1. The van der Waals surface area contributed by atoms with E-state index < -0.39 is 5.60 Å². The van der Waals surface area contributed by atoms with E-state index in [0.29, 0.717) is 29.9 Å². The summed E-state index contributed by atoms with van der Waals surface area (Å²) in [6, 6.07) is 13.7. The van der Waals surface area contributed by atoms with Crippen molar-refractivity contribution >= 4 is 34.2 Å². The van der Waals surface area contributed by atoms with Crippen molar-refractivity contribution in [1.82, 2.24) is 35.1 Å². The van der Waals surface area contributed by atoms with Gasteiger partial charge in [0.15, 0.2) is 5.13 Å². The summed E-state index contributed by atoms with van der Waals surface area (Å²) in [5, 5.41) is 20.3. The summed E-state index contributed by atoms with van der Waals surface area (Å²) in [5.74, 6) is 1.92. The average molecular weight is 534 g/mol. The number of nitrogens with zero attached hydrogens (tertiary/aromatic N) is 7. The Morgan fingerprint density at radius 2 is 1.95 bits per heavy atom. The number of hydrogen-bond acceptors (Lipinski definition) is 10. The monoisotopic (exact) mass is 533 g/mol. The standard InChI is InChI=1S/C26H31N9O2S/c1-17-13-21(28-18-9-8-12-34(16-18)25(36)37-26(2,3)4)29-22(14-17)30-24-27-15-20(38-24)23-31-33-35(32-23)19-10-6-5-7-11-19/h5-7,10-11,13-15,18H,8-9,12,16H2,1-4H3,(H2,27,28,29,30)/t18-/m0/s1. The SMILES string of the molecule is Cc1cc(Nc2ncc(-c3nnn(-c4ccccc4)n3)s2)nc(N[C@H]2CCCN(C(=O)OC(C)(C)C)C2)c1. The molecule has 11 nitrogen and oxygen atoms in total. The Balaban J connectivity index is 1.24. The summed E-state index contributed by atoms with van der Waals surface area (Å²) in [5.41, 5.74) is 1.37. The average Bonchev–Trinajstić information content (AvgIpc) is 3.53. The zero-order chi connectivity index (χ0) is 26.7. The summed E-state index contributed by atoms with van der Waals surface area (Å²) in [7, 11) is 0. The van der Waals surface area contributed by atoms with Gasteiger partial charge in [0.2, 0.25) is 5.82 Å². The van der Waals surface area contributed by atoms with Crippen molar-refractivity contribution in [2.24, 2.45) is 0 Å². The van der Waals surface area contributed by atoms with Crippen LogP contribution in [0.1, 0.15) is 39.2 Å². The van der Waals surface area contributed by atoms with Crippen LogP contribution in [0.4, 0.5) is 21.6 Å². The first-order chi connectivity index (χ1) is 18.2. The van der Waals surface area contributed by atoms with Gasteiger partial charge in [0.1, 0.15) is 17.2 Å². The molecule has 0 radical (unpaired) electrons. The van der Waals surface area contributed by atoms with Gasteiger partial charge in [-0.15, -0.1) is 15.0 Å². The Morgan fingerprint density at radius 3 is 2.74 bits per heavy atom. The highest BCUT2D eigenvalue weighted by Crippen LogP contribution is 2.29. The summed E-state index contributed by atoms with van der Waals surface area (Å²) in [4.78, 5) is 25.8. The van der Waals surface area contributed by atoms with Crippen molar-refractivity contribution in [3.8, 4) is 16.4 Å². The van der Waals surface area contributed by atoms with Crippen LogP contribution in [0, 0.1) is 6.92 Å². The van der Waals surface area contributed by atoms with Gasteiger partial charge in [0.05, 0.1) is 16.8 Å². The Labute approximate surface area is 225 Å². The number of piperidine rings is 1. The molecule has 1 aliphatic heterocycles. The number of benzene rings is 1. The maximum atomic E-state index is 12.5. The predicted octanol–water partition coefficient (Wildman–Crippen LogP) is 5.04. The van der Waals surface area contributed by atoms with E-state index in [1.165, 1.54) is 16.1 Å². The molecule has 0 bridgehead atoms. The first kappa shape index (κ1) is 25.6. The highest BCUT2D eigenvalue weighted by Gasteiger charge is 2.28. The maximum absolute atomic E-state index is 12.5. The Kier molecular flexibility index (Phi) is 7.23.